The van der Waals surface area contributed by atoms with Crippen molar-refractivity contribution in [1.82, 2.24) is 5.32 Å². The highest BCUT2D eigenvalue weighted by molar-refractivity contribution is 6.30. The summed E-state index contributed by atoms with van der Waals surface area (Å²) in [4.78, 5) is 11.8. The van der Waals surface area contributed by atoms with E-state index >= 15 is 0 Å². The number of amides is 1. The highest BCUT2D eigenvalue weighted by Crippen LogP contribution is 2.19. The number of carbonyl (C=O) groups is 1. The Labute approximate surface area is 124 Å². The number of nitrogens with one attached hydrogen (secondary N) is 1. The second-order valence-corrected chi connectivity index (χ2v) is 4.65. The minimum atomic E-state index is -0.898. The molecule has 1 N–H and O–H groups in total. The van der Waals surface area contributed by atoms with Crippen LogP contribution in [0.15, 0.2) is 36.4 Å². The lowest BCUT2D eigenvalue weighted by Gasteiger charge is -2.07. The third-order valence-corrected chi connectivity index (χ3v) is 3.05. The predicted octanol–water partition coefficient (Wildman–Crippen LogP) is 3.42. The molecule has 0 saturated carbocycles. The topological polar surface area (TPSA) is 52.9 Å². The number of hydrogen-bond donors (Lipinski definition) is 1. The Morgan fingerprint density at radius 1 is 1.24 bits per heavy atom. The second kappa shape index (κ2) is 6.33. The molecule has 1 amide bonds. The molecule has 0 aliphatic rings. The summed E-state index contributed by atoms with van der Waals surface area (Å²) in [7, 11) is 0. The Balaban J connectivity index is 2.12. The Morgan fingerprint density at radius 2 is 2.00 bits per heavy atom. The van der Waals surface area contributed by atoms with Crippen molar-refractivity contribution in [3.05, 3.63) is 69.7 Å². The van der Waals surface area contributed by atoms with Crippen LogP contribution in [-0.4, -0.2) is 5.91 Å². The van der Waals surface area contributed by atoms with Crippen LogP contribution >= 0.6 is 11.6 Å². The van der Waals surface area contributed by atoms with Crippen molar-refractivity contribution in [2.75, 3.05) is 0 Å². The Kier molecular flexibility index (Phi) is 4.51. The molecule has 2 aromatic rings. The summed E-state index contributed by atoms with van der Waals surface area (Å²) in [6.45, 7) is 0.0953. The standard InChI is InChI=1S/C15H9ClF2N2O/c16-12-6-13(17)11(5-14(12)18)15(21)20-8-10-3-1-2-9(4-10)7-19/h1-6H,8H2,(H,20,21). The molecule has 0 heterocycles. The van der Waals surface area contributed by atoms with Gasteiger partial charge in [0.05, 0.1) is 22.2 Å². The molecule has 0 aliphatic heterocycles. The van der Waals surface area contributed by atoms with Gasteiger partial charge in [0.2, 0.25) is 0 Å². The van der Waals surface area contributed by atoms with Crippen LogP contribution in [0.2, 0.25) is 5.02 Å². The van der Waals surface area contributed by atoms with E-state index < -0.39 is 23.1 Å². The Bertz CT molecular complexity index is 741. The van der Waals surface area contributed by atoms with E-state index in [4.69, 9.17) is 16.9 Å². The van der Waals surface area contributed by atoms with E-state index in [0.717, 1.165) is 12.1 Å². The van der Waals surface area contributed by atoms with Gasteiger partial charge in [-0.15, -0.1) is 0 Å². The third kappa shape index (κ3) is 3.56. The van der Waals surface area contributed by atoms with Gasteiger partial charge in [0.15, 0.2) is 0 Å². The van der Waals surface area contributed by atoms with Crippen LogP contribution in [0.5, 0.6) is 0 Å². The number of carbonyl (C=O) groups excluding carboxylic acids is 1. The molecule has 3 nitrogen and oxygen atoms in total. The number of rotatable bonds is 3. The molecule has 0 spiro atoms. The molecular formula is C15H9ClF2N2O. The zero-order valence-corrected chi connectivity index (χ0v) is 11.4. The van der Waals surface area contributed by atoms with Crippen LogP contribution in [0.25, 0.3) is 0 Å². The molecule has 0 saturated heterocycles. The minimum absolute atomic E-state index is 0.0953. The lowest BCUT2D eigenvalue weighted by molar-refractivity contribution is 0.0946. The van der Waals surface area contributed by atoms with Gasteiger partial charge in [-0.2, -0.15) is 5.26 Å². The van der Waals surface area contributed by atoms with Gasteiger partial charge >= 0.3 is 0 Å². The van der Waals surface area contributed by atoms with Gasteiger partial charge in [-0.1, -0.05) is 23.7 Å². The molecule has 21 heavy (non-hydrogen) atoms. The fourth-order valence-corrected chi connectivity index (χ4v) is 1.88. The van der Waals surface area contributed by atoms with E-state index in [1.54, 1.807) is 24.3 Å². The molecule has 6 heteroatoms. The summed E-state index contributed by atoms with van der Waals surface area (Å²) in [5.41, 5.74) is 0.705. The molecule has 106 valence electrons. The monoisotopic (exact) mass is 306 g/mol. The maximum Gasteiger partial charge on any atom is 0.254 e. The SMILES string of the molecule is N#Cc1cccc(CNC(=O)c2cc(F)c(Cl)cc2F)c1. The minimum Gasteiger partial charge on any atom is -0.348 e. The molecule has 0 atom stereocenters. The first-order valence-corrected chi connectivity index (χ1v) is 6.31. The van der Waals surface area contributed by atoms with Crippen molar-refractivity contribution in [1.29, 1.82) is 5.26 Å². The van der Waals surface area contributed by atoms with E-state index in [2.05, 4.69) is 5.32 Å². The fraction of sp³-hybridized carbons (Fsp3) is 0.0667. The summed E-state index contributed by atoms with van der Waals surface area (Å²) in [5, 5.41) is 10.8. The number of hydrogen-bond acceptors (Lipinski definition) is 2. The maximum absolute atomic E-state index is 13.6. The summed E-state index contributed by atoms with van der Waals surface area (Å²) in [5.74, 6) is -2.52. The first kappa shape index (κ1) is 14.9. The normalized spacial score (nSPS) is 10.0. The average Bonchev–Trinajstić information content (AvgIpc) is 2.48. The first-order chi connectivity index (χ1) is 10.0. The van der Waals surface area contributed by atoms with Crippen molar-refractivity contribution < 1.29 is 13.6 Å². The first-order valence-electron chi connectivity index (χ1n) is 5.93. The van der Waals surface area contributed by atoms with Crippen LogP contribution in [0.1, 0.15) is 21.5 Å². The van der Waals surface area contributed by atoms with Gasteiger partial charge < -0.3 is 5.32 Å². The lowest BCUT2D eigenvalue weighted by Crippen LogP contribution is -2.24. The van der Waals surface area contributed by atoms with Crippen molar-refractivity contribution in [3.63, 3.8) is 0 Å². The number of nitrogens with zero attached hydrogens (tertiary/aromatic N) is 1. The van der Waals surface area contributed by atoms with Crippen molar-refractivity contribution in [3.8, 4) is 6.07 Å². The van der Waals surface area contributed by atoms with Gasteiger partial charge in [-0.25, -0.2) is 8.78 Å². The van der Waals surface area contributed by atoms with Crippen molar-refractivity contribution in [2.24, 2.45) is 0 Å². The highest BCUT2D eigenvalue weighted by atomic mass is 35.5. The molecular weight excluding hydrogens is 298 g/mol. The molecule has 0 bridgehead atoms. The third-order valence-electron chi connectivity index (χ3n) is 2.76. The predicted molar refractivity (Wildman–Crippen MR) is 73.7 cm³/mol. The molecule has 0 aliphatic carbocycles. The molecule has 2 rings (SSSR count). The fourth-order valence-electron chi connectivity index (χ4n) is 1.72. The summed E-state index contributed by atoms with van der Waals surface area (Å²) >= 11 is 5.42. The molecule has 0 radical (unpaired) electrons. The molecule has 0 unspecified atom stereocenters. The number of halogens is 3. The maximum atomic E-state index is 13.6. The van der Waals surface area contributed by atoms with E-state index in [-0.39, 0.29) is 11.6 Å². The summed E-state index contributed by atoms with van der Waals surface area (Å²) < 4.78 is 26.8. The summed E-state index contributed by atoms with van der Waals surface area (Å²) in [6, 6.07) is 10.1. The average molecular weight is 307 g/mol. The highest BCUT2D eigenvalue weighted by Gasteiger charge is 2.15. The van der Waals surface area contributed by atoms with Crippen LogP contribution in [0.3, 0.4) is 0 Å². The van der Waals surface area contributed by atoms with Crippen molar-refractivity contribution in [2.45, 2.75) is 6.54 Å². The van der Waals surface area contributed by atoms with Crippen LogP contribution in [0.4, 0.5) is 8.78 Å². The lowest BCUT2D eigenvalue weighted by atomic mass is 10.1. The Hall–Kier alpha value is -2.45. The van der Waals surface area contributed by atoms with Crippen LogP contribution in [0, 0.1) is 23.0 Å². The van der Waals surface area contributed by atoms with Gasteiger partial charge in [-0.3, -0.25) is 4.79 Å². The van der Waals surface area contributed by atoms with E-state index in [1.807, 2.05) is 6.07 Å². The number of benzene rings is 2. The zero-order valence-electron chi connectivity index (χ0n) is 10.7. The van der Waals surface area contributed by atoms with E-state index in [9.17, 15) is 13.6 Å². The van der Waals surface area contributed by atoms with Gasteiger partial charge in [0, 0.05) is 6.54 Å². The van der Waals surface area contributed by atoms with Gasteiger partial charge in [0.1, 0.15) is 11.6 Å². The molecule has 2 aromatic carbocycles. The quantitative estimate of drug-likeness (QED) is 0.883. The second-order valence-electron chi connectivity index (χ2n) is 4.24. The smallest absolute Gasteiger partial charge is 0.254 e. The van der Waals surface area contributed by atoms with Gasteiger partial charge in [0.25, 0.3) is 5.91 Å². The van der Waals surface area contributed by atoms with E-state index in [1.165, 1.54) is 0 Å². The van der Waals surface area contributed by atoms with Crippen LogP contribution < -0.4 is 5.32 Å². The zero-order chi connectivity index (χ0) is 15.4. The molecule has 0 aromatic heterocycles. The van der Waals surface area contributed by atoms with E-state index in [0.29, 0.717) is 11.1 Å². The number of nitriles is 1. The van der Waals surface area contributed by atoms with Crippen molar-refractivity contribution >= 4 is 17.5 Å². The largest absolute Gasteiger partial charge is 0.348 e. The van der Waals surface area contributed by atoms with Gasteiger partial charge in [-0.05, 0) is 29.8 Å². The Morgan fingerprint density at radius 3 is 2.71 bits per heavy atom. The van der Waals surface area contributed by atoms with Crippen LogP contribution in [-0.2, 0) is 6.54 Å². The summed E-state index contributed by atoms with van der Waals surface area (Å²) in [6.07, 6.45) is 0. The molecule has 0 fully saturated rings.